The topological polar surface area (TPSA) is 102 Å². The summed E-state index contributed by atoms with van der Waals surface area (Å²) in [6, 6.07) is 11.1. The average molecular weight is 445 g/mol. The van der Waals surface area contributed by atoms with Crippen LogP contribution in [0.3, 0.4) is 0 Å². The van der Waals surface area contributed by atoms with Crippen molar-refractivity contribution in [1.29, 1.82) is 0 Å². The van der Waals surface area contributed by atoms with Gasteiger partial charge in [0.2, 0.25) is 5.91 Å². The maximum absolute atomic E-state index is 13.7. The van der Waals surface area contributed by atoms with Gasteiger partial charge in [-0.1, -0.05) is 24.3 Å². The summed E-state index contributed by atoms with van der Waals surface area (Å²) < 4.78 is 24.0. The van der Waals surface area contributed by atoms with Gasteiger partial charge in [0.1, 0.15) is 11.6 Å². The highest BCUT2D eigenvalue weighted by Crippen LogP contribution is 2.30. The van der Waals surface area contributed by atoms with Crippen LogP contribution in [0, 0.1) is 5.82 Å². The number of nitrogens with one attached hydrogen (secondary N) is 1. The monoisotopic (exact) mass is 445 g/mol. The molecule has 2 aromatic rings. The third-order valence-electron chi connectivity index (χ3n) is 4.79. The molecule has 1 unspecified atom stereocenters. The highest BCUT2D eigenvalue weighted by Gasteiger charge is 2.18. The number of benzene rings is 2. The predicted molar refractivity (Wildman–Crippen MR) is 117 cm³/mol. The molecule has 7 nitrogen and oxygen atoms in total. The molecule has 32 heavy (non-hydrogen) atoms. The molecule has 2 N–H and O–H groups in total. The largest absolute Gasteiger partial charge is 0.496 e. The number of carboxylic acids is 1. The maximum atomic E-state index is 13.7. The Morgan fingerprint density at radius 3 is 2.44 bits per heavy atom. The van der Waals surface area contributed by atoms with E-state index in [9.17, 15) is 18.8 Å². The number of aliphatic carboxylic acids is 1. The van der Waals surface area contributed by atoms with Crippen molar-refractivity contribution in [3.63, 3.8) is 0 Å². The number of hydrogen-bond acceptors (Lipinski definition) is 5. The van der Waals surface area contributed by atoms with E-state index in [0.29, 0.717) is 17.7 Å². The summed E-state index contributed by atoms with van der Waals surface area (Å²) in [6.07, 6.45) is 0.560. The molecule has 0 aliphatic rings. The maximum Gasteiger partial charge on any atom is 0.307 e. The molecule has 0 spiro atoms. The second kappa shape index (κ2) is 12.4. The van der Waals surface area contributed by atoms with E-state index in [-0.39, 0.29) is 44.0 Å². The molecule has 172 valence electrons. The Morgan fingerprint density at radius 2 is 1.81 bits per heavy atom. The van der Waals surface area contributed by atoms with Gasteiger partial charge < -0.3 is 19.9 Å². The number of ether oxygens (including phenoxy) is 2. The number of methoxy groups -OCH3 is 1. The molecule has 0 heterocycles. The third-order valence-corrected chi connectivity index (χ3v) is 4.79. The standard InChI is InChI=1S/C24H28FNO6/c1-3-32-24(30)15-19(26-22(27)5-4-6-23(28)29)13-16-7-9-17(10-8-16)20-14-18(25)11-12-21(20)31-2/h7-12,14,19H,3-6,13,15H2,1-2H3,(H,26,27)(H,28,29). The fourth-order valence-corrected chi connectivity index (χ4v) is 3.31. The second-order valence-electron chi connectivity index (χ2n) is 7.27. The van der Waals surface area contributed by atoms with Crippen LogP contribution >= 0.6 is 0 Å². The van der Waals surface area contributed by atoms with Gasteiger partial charge in [0.15, 0.2) is 0 Å². The lowest BCUT2D eigenvalue weighted by atomic mass is 9.98. The van der Waals surface area contributed by atoms with Crippen LogP contribution in [-0.4, -0.2) is 42.7 Å². The Labute approximate surface area is 186 Å². The fourth-order valence-electron chi connectivity index (χ4n) is 3.31. The minimum absolute atomic E-state index is 0.00200. The van der Waals surface area contributed by atoms with Gasteiger partial charge in [0.25, 0.3) is 0 Å². The third kappa shape index (κ3) is 8.02. The molecule has 0 aromatic heterocycles. The Kier molecular flexibility index (Phi) is 9.66. The summed E-state index contributed by atoms with van der Waals surface area (Å²) in [4.78, 5) is 34.8. The molecular formula is C24H28FNO6. The molecule has 1 amide bonds. The molecule has 0 saturated heterocycles. The number of halogens is 1. The fraction of sp³-hybridized carbons (Fsp3) is 0.375. The van der Waals surface area contributed by atoms with Gasteiger partial charge in [0, 0.05) is 24.4 Å². The first kappa shape index (κ1) is 24.8. The highest BCUT2D eigenvalue weighted by atomic mass is 19.1. The molecule has 0 bridgehead atoms. The molecule has 8 heteroatoms. The van der Waals surface area contributed by atoms with Gasteiger partial charge in [-0.05, 0) is 49.1 Å². The Bertz CT molecular complexity index is 929. The summed E-state index contributed by atoms with van der Waals surface area (Å²) in [5.41, 5.74) is 2.25. The highest BCUT2D eigenvalue weighted by molar-refractivity contribution is 5.78. The van der Waals surface area contributed by atoms with Crippen molar-refractivity contribution in [2.24, 2.45) is 0 Å². The van der Waals surface area contributed by atoms with E-state index in [1.54, 1.807) is 13.0 Å². The molecule has 0 aliphatic carbocycles. The predicted octanol–water partition coefficient (Wildman–Crippen LogP) is 3.74. The quantitative estimate of drug-likeness (QED) is 0.483. The molecule has 0 saturated carbocycles. The van der Waals surface area contributed by atoms with Crippen molar-refractivity contribution in [1.82, 2.24) is 5.32 Å². The van der Waals surface area contributed by atoms with Gasteiger partial charge in [-0.3, -0.25) is 14.4 Å². The zero-order chi connectivity index (χ0) is 23.5. The van der Waals surface area contributed by atoms with Crippen LogP contribution in [0.5, 0.6) is 5.75 Å². The van der Waals surface area contributed by atoms with E-state index in [2.05, 4.69) is 5.32 Å². The number of rotatable bonds is 12. The van der Waals surface area contributed by atoms with Crippen LogP contribution in [0.1, 0.15) is 38.2 Å². The van der Waals surface area contributed by atoms with Gasteiger partial charge in [0.05, 0.1) is 20.1 Å². The number of carbonyl (C=O) groups excluding carboxylic acids is 2. The first-order valence-corrected chi connectivity index (χ1v) is 10.4. The van der Waals surface area contributed by atoms with Crippen molar-refractivity contribution >= 4 is 17.8 Å². The minimum atomic E-state index is -0.962. The lowest BCUT2D eigenvalue weighted by molar-refractivity contribution is -0.143. The molecule has 2 rings (SSSR count). The summed E-state index contributed by atoms with van der Waals surface area (Å²) in [6.45, 7) is 1.94. The Morgan fingerprint density at radius 1 is 1.09 bits per heavy atom. The van der Waals surface area contributed by atoms with E-state index < -0.39 is 18.0 Å². The van der Waals surface area contributed by atoms with Crippen molar-refractivity contribution in [3.05, 3.63) is 53.8 Å². The van der Waals surface area contributed by atoms with Gasteiger partial charge in [-0.2, -0.15) is 0 Å². The zero-order valence-corrected chi connectivity index (χ0v) is 18.2. The number of esters is 1. The molecule has 0 aliphatic heterocycles. The number of amides is 1. The Hall–Kier alpha value is -3.42. The first-order valence-electron chi connectivity index (χ1n) is 10.4. The second-order valence-corrected chi connectivity index (χ2v) is 7.27. The van der Waals surface area contributed by atoms with E-state index in [0.717, 1.165) is 11.1 Å². The van der Waals surface area contributed by atoms with Gasteiger partial charge in [-0.15, -0.1) is 0 Å². The van der Waals surface area contributed by atoms with Crippen molar-refractivity contribution in [3.8, 4) is 16.9 Å². The van der Waals surface area contributed by atoms with Crippen molar-refractivity contribution in [2.75, 3.05) is 13.7 Å². The van der Waals surface area contributed by atoms with Crippen molar-refractivity contribution in [2.45, 2.75) is 45.1 Å². The molecule has 0 fully saturated rings. The van der Waals surface area contributed by atoms with Crippen molar-refractivity contribution < 1.29 is 33.4 Å². The van der Waals surface area contributed by atoms with Gasteiger partial charge >= 0.3 is 11.9 Å². The van der Waals surface area contributed by atoms with E-state index in [4.69, 9.17) is 14.6 Å². The van der Waals surface area contributed by atoms with E-state index >= 15 is 0 Å². The van der Waals surface area contributed by atoms with Crippen LogP contribution in [0.25, 0.3) is 11.1 Å². The molecule has 0 radical (unpaired) electrons. The summed E-state index contributed by atoms with van der Waals surface area (Å²) in [5, 5.41) is 11.5. The molecule has 2 aromatic carbocycles. The van der Waals surface area contributed by atoms with Crippen LogP contribution in [0.15, 0.2) is 42.5 Å². The number of carbonyl (C=O) groups is 3. The number of hydrogen-bond donors (Lipinski definition) is 2. The first-order chi connectivity index (χ1) is 15.3. The van der Waals surface area contributed by atoms with Gasteiger partial charge in [-0.25, -0.2) is 4.39 Å². The normalized spacial score (nSPS) is 11.5. The SMILES string of the molecule is CCOC(=O)CC(Cc1ccc(-c2cc(F)ccc2OC)cc1)NC(=O)CCCC(=O)O. The average Bonchev–Trinajstić information content (AvgIpc) is 2.74. The molecular weight excluding hydrogens is 417 g/mol. The van der Waals surface area contributed by atoms with Crippen LogP contribution in [-0.2, 0) is 25.5 Å². The molecule has 1 atom stereocenters. The van der Waals surface area contributed by atoms with Crippen LogP contribution in [0.4, 0.5) is 4.39 Å². The van der Waals surface area contributed by atoms with Crippen LogP contribution in [0.2, 0.25) is 0 Å². The lowest BCUT2D eigenvalue weighted by Crippen LogP contribution is -2.38. The smallest absolute Gasteiger partial charge is 0.307 e. The van der Waals surface area contributed by atoms with E-state index in [1.165, 1.54) is 19.2 Å². The summed E-state index contributed by atoms with van der Waals surface area (Å²) in [7, 11) is 1.52. The summed E-state index contributed by atoms with van der Waals surface area (Å²) >= 11 is 0. The zero-order valence-electron chi connectivity index (χ0n) is 18.2. The van der Waals surface area contributed by atoms with Crippen LogP contribution < -0.4 is 10.1 Å². The lowest BCUT2D eigenvalue weighted by Gasteiger charge is -2.18. The Balaban J connectivity index is 2.10. The minimum Gasteiger partial charge on any atom is -0.496 e. The number of carboxylic acid groups (broad SMARTS) is 1. The summed E-state index contributed by atoms with van der Waals surface area (Å²) in [5.74, 6) is -1.53. The van der Waals surface area contributed by atoms with E-state index in [1.807, 2.05) is 24.3 Å².